The maximum atomic E-state index is 11.8. The predicted octanol–water partition coefficient (Wildman–Crippen LogP) is 2.15. The van der Waals surface area contributed by atoms with Crippen LogP contribution in [0.3, 0.4) is 0 Å². The van der Waals surface area contributed by atoms with Crippen molar-refractivity contribution in [2.24, 2.45) is 0 Å². The topological polar surface area (TPSA) is 94.4 Å². The summed E-state index contributed by atoms with van der Waals surface area (Å²) in [5.41, 5.74) is -0.287. The third kappa shape index (κ3) is 3.62. The van der Waals surface area contributed by atoms with Gasteiger partial charge in [0.25, 0.3) is 0 Å². The number of carbonyl (C=O) groups is 1. The van der Waals surface area contributed by atoms with Crippen LogP contribution in [0, 0.1) is 10.1 Å². The molecule has 0 saturated carbocycles. The quantitative estimate of drug-likeness (QED) is 0.519. The van der Waals surface area contributed by atoms with Gasteiger partial charge in [-0.1, -0.05) is 11.6 Å². The van der Waals surface area contributed by atoms with Crippen molar-refractivity contribution in [2.45, 2.75) is 25.4 Å². The number of ether oxygens (including phenoxy) is 1. The summed E-state index contributed by atoms with van der Waals surface area (Å²) in [5, 5.41) is 13.3. The van der Waals surface area contributed by atoms with Crippen LogP contribution in [0.1, 0.15) is 19.3 Å². The summed E-state index contributed by atoms with van der Waals surface area (Å²) in [6.07, 6.45) is 1.77. The molecule has 1 aromatic rings. The molecule has 1 aromatic heterocycles. The van der Waals surface area contributed by atoms with Crippen molar-refractivity contribution in [2.75, 3.05) is 11.9 Å². The highest BCUT2D eigenvalue weighted by atomic mass is 35.5. The summed E-state index contributed by atoms with van der Waals surface area (Å²) in [6, 6.07) is 2.51. The normalized spacial score (nSPS) is 18.3. The molecule has 1 unspecified atom stereocenters. The number of halogens is 1. The monoisotopic (exact) mass is 285 g/mol. The molecule has 8 heteroatoms. The van der Waals surface area contributed by atoms with Crippen LogP contribution in [0.2, 0.25) is 5.15 Å². The highest BCUT2D eigenvalue weighted by Crippen LogP contribution is 2.24. The average molecular weight is 286 g/mol. The summed E-state index contributed by atoms with van der Waals surface area (Å²) in [7, 11) is 0. The largest absolute Gasteiger partial charge is 0.378 e. The zero-order chi connectivity index (χ0) is 13.8. The van der Waals surface area contributed by atoms with E-state index in [1.54, 1.807) is 0 Å². The zero-order valence-electron chi connectivity index (χ0n) is 9.97. The van der Waals surface area contributed by atoms with E-state index in [9.17, 15) is 14.9 Å². The number of nitrogens with one attached hydrogen (secondary N) is 1. The minimum atomic E-state index is -0.620. The minimum Gasteiger partial charge on any atom is -0.378 e. The molecule has 1 aliphatic heterocycles. The van der Waals surface area contributed by atoms with E-state index in [0.29, 0.717) is 6.61 Å². The van der Waals surface area contributed by atoms with E-state index in [0.717, 1.165) is 12.8 Å². The van der Waals surface area contributed by atoms with E-state index in [1.807, 2.05) is 0 Å². The van der Waals surface area contributed by atoms with Gasteiger partial charge in [-0.3, -0.25) is 14.9 Å². The fourth-order valence-corrected chi connectivity index (χ4v) is 2.01. The molecule has 2 rings (SSSR count). The summed E-state index contributed by atoms with van der Waals surface area (Å²) < 4.78 is 5.32. The molecule has 19 heavy (non-hydrogen) atoms. The number of rotatable bonds is 4. The SMILES string of the molecule is O=C(CC1CCCO1)Nc1nc(Cl)ccc1[N+](=O)[O-]. The van der Waals surface area contributed by atoms with Gasteiger partial charge in [0.2, 0.25) is 11.7 Å². The lowest BCUT2D eigenvalue weighted by molar-refractivity contribution is -0.384. The number of nitro groups is 1. The predicted molar refractivity (Wildman–Crippen MR) is 68.1 cm³/mol. The average Bonchev–Trinajstić information content (AvgIpc) is 2.81. The smallest absolute Gasteiger partial charge is 0.311 e. The summed E-state index contributed by atoms with van der Waals surface area (Å²) >= 11 is 5.67. The number of carbonyl (C=O) groups excluding carboxylic acids is 1. The van der Waals surface area contributed by atoms with E-state index in [-0.39, 0.29) is 35.1 Å². The van der Waals surface area contributed by atoms with Gasteiger partial charge in [-0.2, -0.15) is 0 Å². The number of nitrogens with zero attached hydrogens (tertiary/aromatic N) is 2. The van der Waals surface area contributed by atoms with Crippen molar-refractivity contribution in [3.63, 3.8) is 0 Å². The Morgan fingerprint density at radius 3 is 3.05 bits per heavy atom. The lowest BCUT2D eigenvalue weighted by Gasteiger charge is -2.09. The second-order valence-corrected chi connectivity index (χ2v) is 4.53. The molecule has 1 fully saturated rings. The Kier molecular flexibility index (Phi) is 4.28. The van der Waals surface area contributed by atoms with Crippen molar-refractivity contribution in [1.82, 2.24) is 4.98 Å². The third-order valence-corrected chi connectivity index (χ3v) is 2.94. The van der Waals surface area contributed by atoms with E-state index >= 15 is 0 Å². The van der Waals surface area contributed by atoms with Gasteiger partial charge in [-0.05, 0) is 18.9 Å². The Morgan fingerprint density at radius 1 is 1.63 bits per heavy atom. The van der Waals surface area contributed by atoms with Gasteiger partial charge in [0, 0.05) is 12.7 Å². The Bertz CT molecular complexity index is 503. The summed E-state index contributed by atoms with van der Waals surface area (Å²) in [5.74, 6) is -0.509. The molecular weight excluding hydrogens is 274 g/mol. The molecule has 7 nitrogen and oxygen atoms in total. The first kappa shape index (κ1) is 13.7. The van der Waals surface area contributed by atoms with Crippen LogP contribution >= 0.6 is 11.6 Å². The maximum absolute atomic E-state index is 11.8. The number of aromatic nitrogens is 1. The maximum Gasteiger partial charge on any atom is 0.311 e. The fraction of sp³-hybridized carbons (Fsp3) is 0.455. The Labute approximate surface area is 114 Å². The molecule has 0 radical (unpaired) electrons. The standard InChI is InChI=1S/C11H12ClN3O4/c12-9-4-3-8(15(17)18)11(13-9)14-10(16)6-7-2-1-5-19-7/h3-4,7H,1-2,5-6H2,(H,13,14,16). The van der Waals surface area contributed by atoms with Gasteiger partial charge >= 0.3 is 5.69 Å². The molecule has 1 aliphatic rings. The van der Waals surface area contributed by atoms with Crippen molar-refractivity contribution in [1.29, 1.82) is 0 Å². The number of anilines is 1. The molecular formula is C11H12ClN3O4. The van der Waals surface area contributed by atoms with Crippen molar-refractivity contribution in [3.05, 3.63) is 27.4 Å². The Morgan fingerprint density at radius 2 is 2.42 bits per heavy atom. The van der Waals surface area contributed by atoms with Gasteiger partial charge in [0.1, 0.15) is 5.15 Å². The van der Waals surface area contributed by atoms with Crippen molar-refractivity contribution < 1.29 is 14.5 Å². The molecule has 1 N–H and O–H groups in total. The van der Waals surface area contributed by atoms with E-state index in [4.69, 9.17) is 16.3 Å². The van der Waals surface area contributed by atoms with E-state index < -0.39 is 4.92 Å². The van der Waals surface area contributed by atoms with Crippen LogP contribution in [0.4, 0.5) is 11.5 Å². The van der Waals surface area contributed by atoms with Crippen LogP contribution in [0.25, 0.3) is 0 Å². The molecule has 2 heterocycles. The first-order valence-electron chi connectivity index (χ1n) is 5.78. The van der Waals surface area contributed by atoms with Crippen LogP contribution < -0.4 is 5.32 Å². The second-order valence-electron chi connectivity index (χ2n) is 4.15. The van der Waals surface area contributed by atoms with Crippen molar-refractivity contribution in [3.8, 4) is 0 Å². The summed E-state index contributed by atoms with van der Waals surface area (Å²) in [4.78, 5) is 25.7. The molecule has 0 aromatic carbocycles. The highest BCUT2D eigenvalue weighted by molar-refractivity contribution is 6.29. The molecule has 1 saturated heterocycles. The summed E-state index contributed by atoms with van der Waals surface area (Å²) in [6.45, 7) is 0.646. The van der Waals surface area contributed by atoms with Crippen LogP contribution in [0.15, 0.2) is 12.1 Å². The third-order valence-electron chi connectivity index (χ3n) is 2.73. The minimum absolute atomic E-state index is 0.0815. The number of hydrogen-bond acceptors (Lipinski definition) is 5. The van der Waals surface area contributed by atoms with Gasteiger partial charge in [-0.25, -0.2) is 4.98 Å². The van der Waals surface area contributed by atoms with Gasteiger partial charge in [0.05, 0.1) is 17.4 Å². The first-order chi connectivity index (χ1) is 9.06. The lowest BCUT2D eigenvalue weighted by Crippen LogP contribution is -2.20. The molecule has 0 spiro atoms. The van der Waals surface area contributed by atoms with E-state index in [2.05, 4.69) is 10.3 Å². The second kappa shape index (κ2) is 5.94. The highest BCUT2D eigenvalue weighted by Gasteiger charge is 2.22. The van der Waals surface area contributed by atoms with Gasteiger partial charge in [0.15, 0.2) is 0 Å². The van der Waals surface area contributed by atoms with Crippen LogP contribution in [-0.2, 0) is 9.53 Å². The number of amides is 1. The van der Waals surface area contributed by atoms with Gasteiger partial charge in [-0.15, -0.1) is 0 Å². The van der Waals surface area contributed by atoms with Crippen LogP contribution in [-0.4, -0.2) is 28.5 Å². The molecule has 0 aliphatic carbocycles. The molecule has 0 bridgehead atoms. The fourth-order valence-electron chi connectivity index (χ4n) is 1.86. The van der Waals surface area contributed by atoms with Crippen LogP contribution in [0.5, 0.6) is 0 Å². The molecule has 102 valence electrons. The van der Waals surface area contributed by atoms with Gasteiger partial charge < -0.3 is 10.1 Å². The van der Waals surface area contributed by atoms with E-state index in [1.165, 1.54) is 12.1 Å². The van der Waals surface area contributed by atoms with Crippen molar-refractivity contribution >= 4 is 29.0 Å². The molecule has 1 atom stereocenters. The Hall–Kier alpha value is -1.73. The number of pyridine rings is 1. The first-order valence-corrected chi connectivity index (χ1v) is 6.16. The molecule has 1 amide bonds. The lowest BCUT2D eigenvalue weighted by atomic mass is 10.2. The Balaban J connectivity index is 2.06. The zero-order valence-corrected chi connectivity index (χ0v) is 10.7. The number of hydrogen-bond donors (Lipinski definition) is 1.